The van der Waals surface area contributed by atoms with Gasteiger partial charge in [-0.2, -0.15) is 4.98 Å². The SMILES string of the molecule is c1ccc(CN2CCCCC2c2nc(-c3ccncc3)no2)cc1. The first-order chi connectivity index (χ1) is 11.9. The molecule has 1 atom stereocenters. The number of rotatable bonds is 4. The highest BCUT2D eigenvalue weighted by Gasteiger charge is 2.28. The first-order valence-corrected chi connectivity index (χ1v) is 8.42. The fraction of sp³-hybridized carbons (Fsp3) is 0.316. The monoisotopic (exact) mass is 320 g/mol. The number of aromatic nitrogens is 3. The van der Waals surface area contributed by atoms with Crippen molar-refractivity contribution in [2.75, 3.05) is 6.54 Å². The number of benzene rings is 1. The molecule has 5 heteroatoms. The third-order valence-electron chi connectivity index (χ3n) is 4.51. The molecule has 1 aliphatic rings. The zero-order valence-electron chi connectivity index (χ0n) is 13.5. The average Bonchev–Trinajstić information content (AvgIpc) is 3.14. The fourth-order valence-electron chi connectivity index (χ4n) is 3.27. The van der Waals surface area contributed by atoms with Gasteiger partial charge in [-0.15, -0.1) is 0 Å². The van der Waals surface area contributed by atoms with Crippen LogP contribution in [0.4, 0.5) is 0 Å². The van der Waals surface area contributed by atoms with Gasteiger partial charge in [-0.1, -0.05) is 41.9 Å². The first kappa shape index (κ1) is 15.0. The van der Waals surface area contributed by atoms with Crippen LogP contribution in [0.5, 0.6) is 0 Å². The lowest BCUT2D eigenvalue weighted by molar-refractivity contribution is 0.111. The molecule has 0 saturated carbocycles. The van der Waals surface area contributed by atoms with Crippen LogP contribution < -0.4 is 0 Å². The number of nitrogens with zero attached hydrogens (tertiary/aromatic N) is 4. The van der Waals surface area contributed by atoms with E-state index in [0.717, 1.165) is 31.0 Å². The van der Waals surface area contributed by atoms with E-state index in [1.165, 1.54) is 18.4 Å². The summed E-state index contributed by atoms with van der Waals surface area (Å²) in [6, 6.07) is 14.6. The number of pyridine rings is 1. The lowest BCUT2D eigenvalue weighted by atomic mass is 10.0. The van der Waals surface area contributed by atoms with Crippen LogP contribution >= 0.6 is 0 Å². The van der Waals surface area contributed by atoms with E-state index in [0.29, 0.717) is 5.82 Å². The van der Waals surface area contributed by atoms with E-state index in [9.17, 15) is 0 Å². The Bertz CT molecular complexity index is 772. The average molecular weight is 320 g/mol. The normalized spacial score (nSPS) is 18.6. The molecular formula is C19H20N4O. The molecule has 0 aliphatic carbocycles. The zero-order chi connectivity index (χ0) is 16.2. The van der Waals surface area contributed by atoms with Gasteiger partial charge in [0.25, 0.3) is 0 Å². The highest BCUT2D eigenvalue weighted by molar-refractivity contribution is 5.52. The molecule has 1 unspecified atom stereocenters. The second-order valence-corrected chi connectivity index (χ2v) is 6.16. The number of piperidine rings is 1. The standard InChI is InChI=1S/C19H20N4O/c1-2-6-15(7-3-1)14-23-13-5-4-8-17(23)19-21-18(22-24-19)16-9-11-20-12-10-16/h1-3,6-7,9-12,17H,4-5,8,13-14H2. The summed E-state index contributed by atoms with van der Waals surface area (Å²) in [5.74, 6) is 1.36. The molecule has 1 aromatic carbocycles. The highest BCUT2D eigenvalue weighted by atomic mass is 16.5. The van der Waals surface area contributed by atoms with Crippen molar-refractivity contribution in [1.29, 1.82) is 0 Å². The van der Waals surface area contributed by atoms with Gasteiger partial charge in [-0.25, -0.2) is 0 Å². The van der Waals surface area contributed by atoms with E-state index in [1.807, 2.05) is 12.1 Å². The maximum atomic E-state index is 5.60. The summed E-state index contributed by atoms with van der Waals surface area (Å²) in [4.78, 5) is 11.1. The maximum absolute atomic E-state index is 5.60. The van der Waals surface area contributed by atoms with Gasteiger partial charge in [0.1, 0.15) is 0 Å². The molecule has 0 radical (unpaired) electrons. The van der Waals surface area contributed by atoms with Gasteiger partial charge in [-0.3, -0.25) is 9.88 Å². The number of likely N-dealkylation sites (tertiary alicyclic amines) is 1. The molecule has 1 saturated heterocycles. The molecule has 4 rings (SSSR count). The van der Waals surface area contributed by atoms with Crippen molar-refractivity contribution in [1.82, 2.24) is 20.0 Å². The molecule has 1 aliphatic heterocycles. The Balaban J connectivity index is 1.56. The second kappa shape index (κ2) is 6.93. The number of hydrogen-bond donors (Lipinski definition) is 0. The lowest BCUT2D eigenvalue weighted by Crippen LogP contribution is -2.33. The minimum Gasteiger partial charge on any atom is -0.337 e. The second-order valence-electron chi connectivity index (χ2n) is 6.16. The van der Waals surface area contributed by atoms with Crippen LogP contribution in [0, 0.1) is 0 Å². The van der Waals surface area contributed by atoms with Crippen molar-refractivity contribution < 1.29 is 4.52 Å². The molecular weight excluding hydrogens is 300 g/mol. The van der Waals surface area contributed by atoms with Crippen LogP contribution in [0.25, 0.3) is 11.4 Å². The zero-order valence-corrected chi connectivity index (χ0v) is 13.5. The third-order valence-corrected chi connectivity index (χ3v) is 4.51. The molecule has 122 valence electrons. The summed E-state index contributed by atoms with van der Waals surface area (Å²) >= 11 is 0. The summed E-state index contributed by atoms with van der Waals surface area (Å²) in [5.41, 5.74) is 2.25. The van der Waals surface area contributed by atoms with Crippen molar-refractivity contribution in [3.8, 4) is 11.4 Å². The molecule has 0 N–H and O–H groups in total. The molecule has 24 heavy (non-hydrogen) atoms. The van der Waals surface area contributed by atoms with Gasteiger partial charge in [0, 0.05) is 24.5 Å². The van der Waals surface area contributed by atoms with Crippen LogP contribution in [0.15, 0.2) is 59.4 Å². The third kappa shape index (κ3) is 3.21. The molecule has 5 nitrogen and oxygen atoms in total. The van der Waals surface area contributed by atoms with Crippen molar-refractivity contribution in [2.45, 2.75) is 31.8 Å². The van der Waals surface area contributed by atoms with Gasteiger partial charge in [0.05, 0.1) is 6.04 Å². The topological polar surface area (TPSA) is 55.1 Å². The summed E-state index contributed by atoms with van der Waals surface area (Å²) in [6.07, 6.45) is 6.96. The molecule has 0 spiro atoms. The molecule has 3 heterocycles. The predicted molar refractivity (Wildman–Crippen MR) is 91.0 cm³/mol. The van der Waals surface area contributed by atoms with Gasteiger partial charge in [0.2, 0.25) is 11.7 Å². The maximum Gasteiger partial charge on any atom is 0.244 e. The summed E-state index contributed by atoms with van der Waals surface area (Å²) in [6.45, 7) is 1.98. The Morgan fingerprint density at radius 1 is 1.04 bits per heavy atom. The molecule has 1 fully saturated rings. The minimum atomic E-state index is 0.196. The van der Waals surface area contributed by atoms with E-state index in [2.05, 4.69) is 50.4 Å². The highest BCUT2D eigenvalue weighted by Crippen LogP contribution is 2.32. The Labute approximate surface area is 141 Å². The van der Waals surface area contributed by atoms with Crippen molar-refractivity contribution in [2.24, 2.45) is 0 Å². The van der Waals surface area contributed by atoms with E-state index >= 15 is 0 Å². The molecule has 0 amide bonds. The van der Waals surface area contributed by atoms with E-state index in [-0.39, 0.29) is 6.04 Å². The lowest BCUT2D eigenvalue weighted by Gasteiger charge is -2.33. The smallest absolute Gasteiger partial charge is 0.244 e. The predicted octanol–water partition coefficient (Wildman–Crippen LogP) is 3.86. The summed E-state index contributed by atoms with van der Waals surface area (Å²) < 4.78 is 5.60. The van der Waals surface area contributed by atoms with Crippen LogP contribution in [0.3, 0.4) is 0 Å². The Morgan fingerprint density at radius 2 is 1.88 bits per heavy atom. The summed E-state index contributed by atoms with van der Waals surface area (Å²) in [7, 11) is 0. The Kier molecular flexibility index (Phi) is 4.34. The van der Waals surface area contributed by atoms with Crippen LogP contribution in [0.2, 0.25) is 0 Å². The van der Waals surface area contributed by atoms with Crippen LogP contribution in [-0.2, 0) is 6.54 Å². The summed E-state index contributed by atoms with van der Waals surface area (Å²) in [5, 5.41) is 4.16. The van der Waals surface area contributed by atoms with E-state index < -0.39 is 0 Å². The fourth-order valence-corrected chi connectivity index (χ4v) is 3.27. The molecule has 2 aromatic heterocycles. The number of hydrogen-bond acceptors (Lipinski definition) is 5. The van der Waals surface area contributed by atoms with Gasteiger partial charge in [-0.05, 0) is 37.1 Å². The molecule has 3 aromatic rings. The first-order valence-electron chi connectivity index (χ1n) is 8.42. The quantitative estimate of drug-likeness (QED) is 0.730. The Morgan fingerprint density at radius 3 is 2.71 bits per heavy atom. The van der Waals surface area contributed by atoms with Crippen molar-refractivity contribution in [3.05, 3.63) is 66.3 Å². The van der Waals surface area contributed by atoms with Gasteiger partial charge in [0.15, 0.2) is 0 Å². The largest absolute Gasteiger partial charge is 0.337 e. The van der Waals surface area contributed by atoms with Crippen LogP contribution in [-0.4, -0.2) is 26.6 Å². The van der Waals surface area contributed by atoms with E-state index in [1.54, 1.807) is 12.4 Å². The molecule has 0 bridgehead atoms. The van der Waals surface area contributed by atoms with Gasteiger partial charge < -0.3 is 4.52 Å². The van der Waals surface area contributed by atoms with Gasteiger partial charge >= 0.3 is 0 Å². The minimum absolute atomic E-state index is 0.196. The van der Waals surface area contributed by atoms with Crippen molar-refractivity contribution >= 4 is 0 Å². The van der Waals surface area contributed by atoms with E-state index in [4.69, 9.17) is 4.52 Å². The Hall–Kier alpha value is -2.53. The van der Waals surface area contributed by atoms with Crippen molar-refractivity contribution in [3.63, 3.8) is 0 Å². The van der Waals surface area contributed by atoms with Crippen LogP contribution in [0.1, 0.15) is 36.8 Å².